The lowest BCUT2D eigenvalue weighted by Crippen LogP contribution is -2.32. The normalized spacial score (nSPS) is 13.0. The van der Waals surface area contributed by atoms with Gasteiger partial charge in [0.05, 0.1) is 0 Å². The molecule has 0 saturated heterocycles. The summed E-state index contributed by atoms with van der Waals surface area (Å²) in [4.78, 5) is 14.4. The molecule has 0 saturated carbocycles. The molecule has 2 aromatic rings. The number of unbranched alkanes of at least 4 members (excludes halogenated alkanes) is 2. The van der Waals surface area contributed by atoms with Crippen molar-refractivity contribution in [3.05, 3.63) is 91.5 Å². The zero-order valence-electron chi connectivity index (χ0n) is 14.7. The van der Waals surface area contributed by atoms with Crippen LogP contribution in [0.4, 0.5) is 0 Å². The zero-order valence-corrected chi connectivity index (χ0v) is 15.5. The number of ketones is 1. The van der Waals surface area contributed by atoms with Crippen molar-refractivity contribution in [1.82, 2.24) is 0 Å². The van der Waals surface area contributed by atoms with Crippen LogP contribution in [0.25, 0.3) is 0 Å². The Labute approximate surface area is 155 Å². The molecular weight excluding hydrogens is 324 g/mol. The van der Waals surface area contributed by atoms with E-state index in [0.717, 1.165) is 29.7 Å². The van der Waals surface area contributed by atoms with Crippen molar-refractivity contribution in [2.24, 2.45) is 0 Å². The van der Waals surface area contributed by atoms with Gasteiger partial charge in [0.2, 0.25) is 0 Å². The third kappa shape index (κ3) is 5.20. The van der Waals surface area contributed by atoms with E-state index < -0.39 is 4.75 Å². The molecule has 0 radical (unpaired) electrons. The number of benzene rings is 2. The maximum absolute atomic E-state index is 13.3. The minimum atomic E-state index is -0.613. The van der Waals surface area contributed by atoms with E-state index in [1.807, 2.05) is 48.6 Å². The SMILES string of the molecule is C=CCCCCC(=O)C(CC=C)(Sc1ccccc1)c1ccccc1. The number of carbonyl (C=O) groups is 1. The molecule has 1 unspecified atom stereocenters. The number of Topliss-reactive ketones (excluding diaryl/α,β-unsaturated/α-hetero) is 1. The van der Waals surface area contributed by atoms with Gasteiger partial charge in [-0.15, -0.1) is 24.9 Å². The zero-order chi connectivity index (χ0) is 18.0. The topological polar surface area (TPSA) is 17.1 Å². The van der Waals surface area contributed by atoms with E-state index >= 15 is 0 Å². The van der Waals surface area contributed by atoms with Gasteiger partial charge < -0.3 is 0 Å². The minimum Gasteiger partial charge on any atom is -0.298 e. The van der Waals surface area contributed by atoms with Crippen LogP contribution in [0.1, 0.15) is 37.7 Å². The van der Waals surface area contributed by atoms with Crippen molar-refractivity contribution in [2.45, 2.75) is 41.7 Å². The molecule has 2 aromatic carbocycles. The fraction of sp³-hybridized carbons (Fsp3) is 0.261. The summed E-state index contributed by atoms with van der Waals surface area (Å²) in [5.74, 6) is 0.275. The van der Waals surface area contributed by atoms with Gasteiger partial charge in [0.15, 0.2) is 5.78 Å². The van der Waals surface area contributed by atoms with Gasteiger partial charge in [-0.05, 0) is 43.4 Å². The second kappa shape index (κ2) is 10.0. The Balaban J connectivity index is 2.35. The fourth-order valence-corrected chi connectivity index (χ4v) is 4.29. The van der Waals surface area contributed by atoms with Gasteiger partial charge in [0, 0.05) is 11.3 Å². The molecule has 0 aromatic heterocycles. The molecule has 0 aliphatic rings. The second-order valence-corrected chi connectivity index (χ2v) is 7.43. The van der Waals surface area contributed by atoms with Gasteiger partial charge in [0.25, 0.3) is 0 Å². The first kappa shape index (κ1) is 19.3. The molecule has 0 aliphatic carbocycles. The van der Waals surface area contributed by atoms with E-state index in [-0.39, 0.29) is 5.78 Å². The molecule has 2 rings (SSSR count). The lowest BCUT2D eigenvalue weighted by Gasteiger charge is -2.32. The second-order valence-electron chi connectivity index (χ2n) is 6.06. The predicted octanol–water partition coefficient (Wildman–Crippen LogP) is 6.57. The quantitative estimate of drug-likeness (QED) is 0.259. The smallest absolute Gasteiger partial charge is 0.154 e. The number of rotatable bonds is 11. The van der Waals surface area contributed by atoms with E-state index in [1.165, 1.54) is 0 Å². The molecule has 25 heavy (non-hydrogen) atoms. The predicted molar refractivity (Wildman–Crippen MR) is 109 cm³/mol. The summed E-state index contributed by atoms with van der Waals surface area (Å²) in [7, 11) is 0. The summed E-state index contributed by atoms with van der Waals surface area (Å²) in [6, 6.07) is 20.3. The lowest BCUT2D eigenvalue weighted by molar-refractivity contribution is -0.121. The molecule has 0 heterocycles. The molecule has 0 aliphatic heterocycles. The highest BCUT2D eigenvalue weighted by atomic mass is 32.2. The fourth-order valence-electron chi connectivity index (χ4n) is 2.93. The van der Waals surface area contributed by atoms with Gasteiger partial charge in [-0.2, -0.15) is 0 Å². The maximum Gasteiger partial charge on any atom is 0.154 e. The average molecular weight is 351 g/mol. The Hall–Kier alpha value is -2.06. The van der Waals surface area contributed by atoms with Crippen molar-refractivity contribution in [3.63, 3.8) is 0 Å². The van der Waals surface area contributed by atoms with Crippen LogP contribution in [0.3, 0.4) is 0 Å². The van der Waals surface area contributed by atoms with Gasteiger partial charge >= 0.3 is 0 Å². The monoisotopic (exact) mass is 350 g/mol. The van der Waals surface area contributed by atoms with E-state index in [0.29, 0.717) is 12.8 Å². The van der Waals surface area contributed by atoms with Crippen LogP contribution in [0.15, 0.2) is 90.9 Å². The highest BCUT2D eigenvalue weighted by Gasteiger charge is 2.39. The van der Waals surface area contributed by atoms with Gasteiger partial charge in [-0.3, -0.25) is 4.79 Å². The van der Waals surface area contributed by atoms with Crippen LogP contribution >= 0.6 is 11.8 Å². The minimum absolute atomic E-state index is 0.275. The Morgan fingerprint density at radius 3 is 2.16 bits per heavy atom. The first-order valence-electron chi connectivity index (χ1n) is 8.77. The Morgan fingerprint density at radius 1 is 0.920 bits per heavy atom. The van der Waals surface area contributed by atoms with Crippen molar-refractivity contribution < 1.29 is 4.79 Å². The highest BCUT2D eigenvalue weighted by molar-refractivity contribution is 8.01. The van der Waals surface area contributed by atoms with Crippen molar-refractivity contribution in [2.75, 3.05) is 0 Å². The largest absolute Gasteiger partial charge is 0.298 e. The summed E-state index contributed by atoms with van der Waals surface area (Å²) in [6.45, 7) is 7.68. The maximum atomic E-state index is 13.3. The van der Waals surface area contributed by atoms with Gasteiger partial charge in [0.1, 0.15) is 4.75 Å². The molecule has 1 atom stereocenters. The standard InChI is InChI=1S/C23H26OS/c1-3-5-6-13-18-22(24)23(19-4-2,20-14-9-7-10-15-20)25-21-16-11-8-12-17-21/h3-4,7-12,14-17H,1-2,5-6,13,18-19H2. The van der Waals surface area contributed by atoms with Crippen LogP contribution in [0.5, 0.6) is 0 Å². The third-order valence-electron chi connectivity index (χ3n) is 4.22. The van der Waals surface area contributed by atoms with E-state index in [1.54, 1.807) is 11.8 Å². The third-order valence-corrected chi connectivity index (χ3v) is 5.71. The molecule has 0 N–H and O–H groups in total. The first-order valence-corrected chi connectivity index (χ1v) is 9.59. The lowest BCUT2D eigenvalue weighted by atomic mass is 9.88. The number of carbonyl (C=O) groups excluding carboxylic acids is 1. The van der Waals surface area contributed by atoms with E-state index in [9.17, 15) is 4.79 Å². The first-order chi connectivity index (χ1) is 12.2. The van der Waals surface area contributed by atoms with Crippen molar-refractivity contribution >= 4 is 17.5 Å². The van der Waals surface area contributed by atoms with Gasteiger partial charge in [-0.1, -0.05) is 60.7 Å². The summed E-state index contributed by atoms with van der Waals surface area (Å²) < 4.78 is -0.613. The molecule has 1 nitrogen and oxygen atoms in total. The van der Waals surface area contributed by atoms with Crippen LogP contribution in [-0.4, -0.2) is 5.78 Å². The summed E-state index contributed by atoms with van der Waals surface area (Å²) >= 11 is 1.64. The van der Waals surface area contributed by atoms with Crippen molar-refractivity contribution in [1.29, 1.82) is 0 Å². The molecule has 0 amide bonds. The Morgan fingerprint density at radius 2 is 1.56 bits per heavy atom. The summed E-state index contributed by atoms with van der Waals surface area (Å²) in [5.41, 5.74) is 1.05. The van der Waals surface area contributed by atoms with Crippen molar-refractivity contribution in [3.8, 4) is 0 Å². The average Bonchev–Trinajstić information content (AvgIpc) is 2.66. The molecular formula is C23H26OS. The molecule has 0 bridgehead atoms. The highest BCUT2D eigenvalue weighted by Crippen LogP contribution is 2.46. The molecule has 2 heteroatoms. The number of hydrogen-bond donors (Lipinski definition) is 0. The van der Waals surface area contributed by atoms with Crippen LogP contribution in [0.2, 0.25) is 0 Å². The molecule has 0 fully saturated rings. The molecule has 0 spiro atoms. The summed E-state index contributed by atoms with van der Waals surface area (Å²) in [5, 5.41) is 0. The Kier molecular flexibility index (Phi) is 7.75. The summed E-state index contributed by atoms with van der Waals surface area (Å²) in [6.07, 6.45) is 7.84. The van der Waals surface area contributed by atoms with Gasteiger partial charge in [-0.25, -0.2) is 0 Å². The number of allylic oxidation sites excluding steroid dienone is 2. The Bertz CT molecular complexity index is 678. The number of hydrogen-bond acceptors (Lipinski definition) is 2. The van der Waals surface area contributed by atoms with Crippen LogP contribution in [0, 0.1) is 0 Å². The van der Waals surface area contributed by atoms with E-state index in [2.05, 4.69) is 37.4 Å². The van der Waals surface area contributed by atoms with Crippen LogP contribution < -0.4 is 0 Å². The molecule has 130 valence electrons. The van der Waals surface area contributed by atoms with E-state index in [4.69, 9.17) is 0 Å². The van der Waals surface area contributed by atoms with Crippen LogP contribution in [-0.2, 0) is 9.54 Å². The number of thioether (sulfide) groups is 1.